The van der Waals surface area contributed by atoms with Crippen LogP contribution >= 0.6 is 11.6 Å². The fourth-order valence-electron chi connectivity index (χ4n) is 3.85. The summed E-state index contributed by atoms with van der Waals surface area (Å²) in [6, 6.07) is 21.1. The zero-order valence-corrected chi connectivity index (χ0v) is 24.9. The van der Waals surface area contributed by atoms with E-state index in [-0.39, 0.29) is 16.9 Å². The second kappa shape index (κ2) is 14.4. The molecule has 0 saturated carbocycles. The maximum atomic E-state index is 12.1. The van der Waals surface area contributed by atoms with Gasteiger partial charge in [-0.3, -0.25) is 5.32 Å². The lowest BCUT2D eigenvalue weighted by molar-refractivity contribution is 0.0634. The van der Waals surface area contributed by atoms with E-state index in [1.54, 1.807) is 57.2 Å². The van der Waals surface area contributed by atoms with Gasteiger partial charge in [0.1, 0.15) is 22.1 Å². The fourth-order valence-corrected chi connectivity index (χ4v) is 3.98. The fraction of sp³-hybridized carbons (Fsp3) is 0.250. The number of hydrogen-bond donors (Lipinski definition) is 3. The van der Waals surface area contributed by atoms with Crippen molar-refractivity contribution in [3.63, 3.8) is 0 Å². The number of benzene rings is 3. The van der Waals surface area contributed by atoms with Crippen LogP contribution in [0.1, 0.15) is 49.5 Å². The molecule has 0 aliphatic heterocycles. The van der Waals surface area contributed by atoms with Gasteiger partial charge in [-0.1, -0.05) is 29.8 Å². The maximum absolute atomic E-state index is 12.1. The van der Waals surface area contributed by atoms with Crippen molar-refractivity contribution in [2.75, 3.05) is 17.2 Å². The first-order valence-electron chi connectivity index (χ1n) is 13.7. The second-order valence-corrected chi connectivity index (χ2v) is 11.0. The van der Waals surface area contributed by atoms with Crippen molar-refractivity contribution in [3.05, 3.63) is 95.1 Å². The van der Waals surface area contributed by atoms with Crippen LogP contribution in [-0.2, 0) is 11.2 Å². The molecule has 0 spiro atoms. The van der Waals surface area contributed by atoms with Gasteiger partial charge >= 0.3 is 12.1 Å². The Morgan fingerprint density at radius 1 is 0.930 bits per heavy atom. The quantitative estimate of drug-likeness (QED) is 0.137. The topological polar surface area (TPSA) is 132 Å². The Morgan fingerprint density at radius 3 is 2.37 bits per heavy atom. The summed E-state index contributed by atoms with van der Waals surface area (Å²) in [6.07, 6.45) is 3.51. The molecule has 0 saturated heterocycles. The van der Waals surface area contributed by atoms with Gasteiger partial charge in [0.25, 0.3) is 0 Å². The minimum absolute atomic E-state index is 0.145. The summed E-state index contributed by atoms with van der Waals surface area (Å²) in [5, 5.41) is 15.0. The third-order valence-electron chi connectivity index (χ3n) is 5.85. The maximum Gasteiger partial charge on any atom is 0.412 e. The van der Waals surface area contributed by atoms with E-state index in [2.05, 4.69) is 20.6 Å². The first-order chi connectivity index (χ1) is 20.5. The first kappa shape index (κ1) is 31.1. The molecule has 0 fully saturated rings. The zero-order valence-electron chi connectivity index (χ0n) is 24.1. The van der Waals surface area contributed by atoms with Crippen molar-refractivity contribution in [2.24, 2.45) is 0 Å². The van der Waals surface area contributed by atoms with E-state index in [0.29, 0.717) is 23.6 Å². The summed E-state index contributed by atoms with van der Waals surface area (Å²) in [4.78, 5) is 31.7. The molecule has 1 amide bonds. The van der Waals surface area contributed by atoms with E-state index in [9.17, 15) is 9.59 Å². The number of carboxylic acid groups (broad SMARTS) is 1. The third-order valence-corrected chi connectivity index (χ3v) is 6.10. The molecular formula is C32H33ClN4O6. The Balaban J connectivity index is 1.26. The number of anilines is 3. The molecule has 0 radical (unpaired) electrons. The van der Waals surface area contributed by atoms with E-state index < -0.39 is 17.7 Å². The molecule has 224 valence electrons. The van der Waals surface area contributed by atoms with Gasteiger partial charge in [0.15, 0.2) is 0 Å². The Bertz CT molecular complexity index is 1540. The molecule has 3 N–H and O–H groups in total. The van der Waals surface area contributed by atoms with Crippen LogP contribution in [0.2, 0.25) is 5.02 Å². The van der Waals surface area contributed by atoms with Crippen molar-refractivity contribution in [3.8, 4) is 17.4 Å². The van der Waals surface area contributed by atoms with Crippen molar-refractivity contribution in [2.45, 2.75) is 45.6 Å². The van der Waals surface area contributed by atoms with E-state index >= 15 is 0 Å². The SMILES string of the molecule is CC(C)(C)OC(=O)Nc1cccc(Oc2nc(Nc3ccc(OCCCCc4ccc(C(=O)O)cc4)cc3)ncc2Cl)c1. The van der Waals surface area contributed by atoms with Crippen molar-refractivity contribution in [1.82, 2.24) is 9.97 Å². The van der Waals surface area contributed by atoms with Crippen molar-refractivity contribution >= 4 is 41.0 Å². The molecule has 0 bridgehead atoms. The lowest BCUT2D eigenvalue weighted by Gasteiger charge is -2.19. The van der Waals surface area contributed by atoms with Crippen molar-refractivity contribution < 1.29 is 28.9 Å². The number of aromatic carboxylic acids is 1. The monoisotopic (exact) mass is 604 g/mol. The number of unbranched alkanes of at least 4 members (excludes halogenated alkanes) is 1. The largest absolute Gasteiger partial charge is 0.494 e. The predicted octanol–water partition coefficient (Wildman–Crippen LogP) is 8.11. The number of nitrogens with one attached hydrogen (secondary N) is 2. The van der Waals surface area contributed by atoms with E-state index in [4.69, 9.17) is 30.9 Å². The van der Waals surface area contributed by atoms with Gasteiger partial charge in [0, 0.05) is 17.4 Å². The summed E-state index contributed by atoms with van der Waals surface area (Å²) in [5.41, 5.74) is 2.00. The van der Waals surface area contributed by atoms with Gasteiger partial charge in [-0.25, -0.2) is 14.6 Å². The van der Waals surface area contributed by atoms with E-state index in [1.165, 1.54) is 6.20 Å². The van der Waals surface area contributed by atoms with Gasteiger partial charge < -0.3 is 24.6 Å². The van der Waals surface area contributed by atoms with Gasteiger partial charge in [0.2, 0.25) is 11.8 Å². The molecule has 1 heterocycles. The molecule has 11 heteroatoms. The van der Waals surface area contributed by atoms with Gasteiger partial charge in [-0.05, 0) is 94.1 Å². The minimum atomic E-state index is -0.922. The van der Waals surface area contributed by atoms with Crippen LogP contribution < -0.4 is 20.1 Å². The molecular weight excluding hydrogens is 572 g/mol. The Morgan fingerprint density at radius 2 is 1.67 bits per heavy atom. The zero-order chi connectivity index (χ0) is 30.8. The number of hydrogen-bond acceptors (Lipinski definition) is 8. The van der Waals surface area contributed by atoms with Crippen LogP contribution in [0, 0.1) is 0 Å². The number of aryl methyl sites for hydroxylation is 1. The van der Waals surface area contributed by atoms with Crippen LogP contribution in [-0.4, -0.2) is 39.3 Å². The summed E-state index contributed by atoms with van der Waals surface area (Å²) >= 11 is 6.28. The standard InChI is InChI=1S/C32H33ClN4O6/c1-32(2,3)43-31(40)36-24-8-6-9-26(19-24)42-28-27(33)20-34-30(37-28)35-23-14-16-25(17-15-23)41-18-5-4-7-21-10-12-22(13-11-21)29(38)39/h6,8-17,19-20H,4-5,7,18H2,1-3H3,(H,36,40)(H,38,39)(H,34,35,37). The molecule has 0 atom stereocenters. The van der Waals surface area contributed by atoms with Crippen LogP contribution in [0.15, 0.2) is 79.0 Å². The summed E-state index contributed by atoms with van der Waals surface area (Å²) in [6.45, 7) is 5.93. The molecule has 0 unspecified atom stereocenters. The van der Waals surface area contributed by atoms with Crippen LogP contribution in [0.3, 0.4) is 0 Å². The Hall–Kier alpha value is -4.83. The van der Waals surface area contributed by atoms with Gasteiger partial charge in [-0.15, -0.1) is 0 Å². The average molecular weight is 605 g/mol. The van der Waals surface area contributed by atoms with E-state index in [0.717, 1.165) is 36.3 Å². The van der Waals surface area contributed by atoms with Crippen molar-refractivity contribution in [1.29, 1.82) is 0 Å². The number of amides is 1. The molecule has 4 rings (SSSR count). The first-order valence-corrected chi connectivity index (χ1v) is 14.0. The highest BCUT2D eigenvalue weighted by Gasteiger charge is 2.16. The Kier molecular flexibility index (Phi) is 10.4. The number of carbonyl (C=O) groups excluding carboxylic acids is 1. The summed E-state index contributed by atoms with van der Waals surface area (Å²) in [7, 11) is 0. The molecule has 0 aliphatic carbocycles. The van der Waals surface area contributed by atoms with Crippen LogP contribution in [0.25, 0.3) is 0 Å². The summed E-state index contributed by atoms with van der Waals surface area (Å²) in [5.74, 6) is 0.656. The van der Waals surface area contributed by atoms with Crippen LogP contribution in [0.5, 0.6) is 17.4 Å². The molecule has 0 aliphatic rings. The number of aromatic nitrogens is 2. The molecule has 43 heavy (non-hydrogen) atoms. The predicted molar refractivity (Wildman–Crippen MR) is 165 cm³/mol. The normalized spacial score (nSPS) is 11.0. The van der Waals surface area contributed by atoms with Gasteiger partial charge in [-0.2, -0.15) is 4.98 Å². The average Bonchev–Trinajstić information content (AvgIpc) is 2.95. The smallest absolute Gasteiger partial charge is 0.412 e. The number of ether oxygens (including phenoxy) is 3. The highest BCUT2D eigenvalue weighted by Crippen LogP contribution is 2.30. The van der Waals surface area contributed by atoms with Crippen LogP contribution in [0.4, 0.5) is 22.1 Å². The lowest BCUT2D eigenvalue weighted by Crippen LogP contribution is -2.27. The minimum Gasteiger partial charge on any atom is -0.494 e. The number of nitrogens with zero attached hydrogens (tertiary/aromatic N) is 2. The number of carboxylic acids is 1. The number of rotatable bonds is 12. The summed E-state index contributed by atoms with van der Waals surface area (Å²) < 4.78 is 17.0. The molecule has 3 aromatic carbocycles. The molecule has 1 aromatic heterocycles. The molecule has 4 aromatic rings. The lowest BCUT2D eigenvalue weighted by atomic mass is 10.1. The third kappa shape index (κ3) is 10.2. The highest BCUT2D eigenvalue weighted by molar-refractivity contribution is 6.31. The van der Waals surface area contributed by atoms with Gasteiger partial charge in [0.05, 0.1) is 18.4 Å². The number of halogens is 1. The Labute approximate surface area is 255 Å². The second-order valence-electron chi connectivity index (χ2n) is 10.6. The molecule has 10 nitrogen and oxygen atoms in total. The van der Waals surface area contributed by atoms with E-state index in [1.807, 2.05) is 36.4 Å². The number of carbonyl (C=O) groups is 2. The highest BCUT2D eigenvalue weighted by atomic mass is 35.5.